The number of hydrogen-bond acceptors (Lipinski definition) is 3. The first-order valence-corrected chi connectivity index (χ1v) is 10.5. The van der Waals surface area contributed by atoms with Crippen LogP contribution in [0.3, 0.4) is 0 Å². The third-order valence-electron chi connectivity index (χ3n) is 5.28. The van der Waals surface area contributed by atoms with Gasteiger partial charge in [0, 0.05) is 31.3 Å². The van der Waals surface area contributed by atoms with Gasteiger partial charge >= 0.3 is 5.97 Å². The van der Waals surface area contributed by atoms with Crippen LogP contribution in [0.2, 0.25) is 0 Å². The van der Waals surface area contributed by atoms with Gasteiger partial charge in [-0.25, -0.2) is 0 Å². The van der Waals surface area contributed by atoms with Crippen molar-refractivity contribution < 1.29 is 14.7 Å². The standard InChI is InChI=1S/C26H28N2O3/c1-3-28(25(29)12-10-20-7-5-4-6-8-20)18-22-15-19(2)9-11-23(22)24-16-21(13-14-27-24)17-26(30)31/h4-9,11,13-16H,3,10,12,17-18H2,1-2H3,(H,30,31). The molecule has 1 aromatic heterocycles. The molecule has 160 valence electrons. The van der Waals surface area contributed by atoms with Crippen molar-refractivity contribution in [1.82, 2.24) is 9.88 Å². The zero-order chi connectivity index (χ0) is 22.2. The fourth-order valence-corrected chi connectivity index (χ4v) is 3.65. The summed E-state index contributed by atoms with van der Waals surface area (Å²) in [6, 6.07) is 19.7. The van der Waals surface area contributed by atoms with Crippen LogP contribution in [0.4, 0.5) is 0 Å². The first kappa shape index (κ1) is 22.2. The number of aromatic nitrogens is 1. The Morgan fingerprint density at radius 1 is 1.00 bits per heavy atom. The van der Waals surface area contributed by atoms with E-state index in [0.29, 0.717) is 25.1 Å². The summed E-state index contributed by atoms with van der Waals surface area (Å²) in [4.78, 5) is 30.3. The van der Waals surface area contributed by atoms with Crippen LogP contribution >= 0.6 is 0 Å². The second kappa shape index (κ2) is 10.5. The van der Waals surface area contributed by atoms with E-state index < -0.39 is 5.97 Å². The van der Waals surface area contributed by atoms with E-state index in [1.807, 2.05) is 67.3 Å². The Morgan fingerprint density at radius 2 is 1.77 bits per heavy atom. The summed E-state index contributed by atoms with van der Waals surface area (Å²) in [5, 5.41) is 9.10. The van der Waals surface area contributed by atoms with Gasteiger partial charge in [0.2, 0.25) is 5.91 Å². The molecule has 1 heterocycles. The number of carboxylic acids is 1. The van der Waals surface area contributed by atoms with E-state index in [2.05, 4.69) is 11.1 Å². The van der Waals surface area contributed by atoms with Gasteiger partial charge in [0.05, 0.1) is 12.1 Å². The number of carbonyl (C=O) groups is 2. The van der Waals surface area contributed by atoms with Gasteiger partial charge in [0.25, 0.3) is 0 Å². The highest BCUT2D eigenvalue weighted by atomic mass is 16.4. The predicted octanol–water partition coefficient (Wildman–Crippen LogP) is 4.67. The molecule has 3 aromatic rings. The number of benzene rings is 2. The lowest BCUT2D eigenvalue weighted by molar-refractivity contribution is -0.136. The van der Waals surface area contributed by atoms with Crippen molar-refractivity contribution in [2.24, 2.45) is 0 Å². The molecule has 0 unspecified atom stereocenters. The Morgan fingerprint density at radius 3 is 2.48 bits per heavy atom. The molecule has 0 spiro atoms. The molecule has 2 aromatic carbocycles. The topological polar surface area (TPSA) is 70.5 Å². The number of aryl methyl sites for hydroxylation is 2. The lowest BCUT2D eigenvalue weighted by atomic mass is 9.99. The zero-order valence-electron chi connectivity index (χ0n) is 18.0. The van der Waals surface area contributed by atoms with Crippen molar-refractivity contribution in [1.29, 1.82) is 0 Å². The average Bonchev–Trinajstić information content (AvgIpc) is 2.76. The van der Waals surface area contributed by atoms with Crippen LogP contribution in [-0.4, -0.2) is 33.4 Å². The van der Waals surface area contributed by atoms with E-state index in [1.54, 1.807) is 12.3 Å². The minimum Gasteiger partial charge on any atom is -0.481 e. The summed E-state index contributed by atoms with van der Waals surface area (Å²) >= 11 is 0. The van der Waals surface area contributed by atoms with Gasteiger partial charge in [-0.2, -0.15) is 0 Å². The molecule has 0 atom stereocenters. The monoisotopic (exact) mass is 416 g/mol. The Kier molecular flexibility index (Phi) is 7.55. The van der Waals surface area contributed by atoms with Crippen molar-refractivity contribution in [3.63, 3.8) is 0 Å². The van der Waals surface area contributed by atoms with Crippen LogP contribution in [0.25, 0.3) is 11.3 Å². The summed E-state index contributed by atoms with van der Waals surface area (Å²) < 4.78 is 0. The molecule has 5 nitrogen and oxygen atoms in total. The maximum Gasteiger partial charge on any atom is 0.307 e. The lowest BCUT2D eigenvalue weighted by Gasteiger charge is -2.23. The fourth-order valence-electron chi connectivity index (χ4n) is 3.65. The van der Waals surface area contributed by atoms with E-state index in [0.717, 1.165) is 34.4 Å². The largest absolute Gasteiger partial charge is 0.481 e. The van der Waals surface area contributed by atoms with E-state index in [4.69, 9.17) is 5.11 Å². The average molecular weight is 417 g/mol. The van der Waals surface area contributed by atoms with Crippen molar-refractivity contribution in [3.8, 4) is 11.3 Å². The second-order valence-electron chi connectivity index (χ2n) is 7.67. The quantitative estimate of drug-likeness (QED) is 0.550. The predicted molar refractivity (Wildman–Crippen MR) is 122 cm³/mol. The van der Waals surface area contributed by atoms with Gasteiger partial charge < -0.3 is 10.0 Å². The molecule has 5 heteroatoms. The Bertz CT molecular complexity index is 1050. The molecule has 0 fully saturated rings. The molecule has 0 saturated heterocycles. The number of nitrogens with zero attached hydrogens (tertiary/aromatic N) is 2. The van der Waals surface area contributed by atoms with Gasteiger partial charge in [0.15, 0.2) is 0 Å². The van der Waals surface area contributed by atoms with E-state index in [9.17, 15) is 9.59 Å². The van der Waals surface area contributed by atoms with Gasteiger partial charge in [-0.1, -0.05) is 54.1 Å². The highest BCUT2D eigenvalue weighted by Gasteiger charge is 2.16. The molecule has 3 rings (SSSR count). The summed E-state index contributed by atoms with van der Waals surface area (Å²) in [5.74, 6) is -0.756. The Balaban J connectivity index is 1.80. The summed E-state index contributed by atoms with van der Waals surface area (Å²) in [6.45, 7) is 5.12. The molecule has 0 aliphatic rings. The number of carbonyl (C=O) groups excluding carboxylic acids is 1. The van der Waals surface area contributed by atoms with Crippen LogP contribution in [0.5, 0.6) is 0 Å². The molecule has 0 aliphatic carbocycles. The van der Waals surface area contributed by atoms with Gasteiger partial charge in [-0.05, 0) is 49.1 Å². The van der Waals surface area contributed by atoms with Crippen LogP contribution in [0.1, 0.15) is 35.6 Å². The molecule has 0 aliphatic heterocycles. The minimum absolute atomic E-state index is 0.0459. The first-order valence-electron chi connectivity index (χ1n) is 10.5. The lowest BCUT2D eigenvalue weighted by Crippen LogP contribution is -2.30. The number of hydrogen-bond donors (Lipinski definition) is 1. The summed E-state index contributed by atoms with van der Waals surface area (Å²) in [6.07, 6.45) is 2.77. The highest BCUT2D eigenvalue weighted by molar-refractivity contribution is 5.77. The van der Waals surface area contributed by atoms with E-state index >= 15 is 0 Å². The zero-order valence-corrected chi connectivity index (χ0v) is 18.0. The Hall–Kier alpha value is -3.47. The summed E-state index contributed by atoms with van der Waals surface area (Å²) in [5.41, 5.74) is 5.62. The molecule has 0 radical (unpaired) electrons. The molecular formula is C26H28N2O3. The number of amides is 1. The molecule has 1 amide bonds. The molecular weight excluding hydrogens is 388 g/mol. The minimum atomic E-state index is -0.873. The smallest absolute Gasteiger partial charge is 0.307 e. The maximum atomic E-state index is 12.9. The fraction of sp³-hybridized carbons (Fsp3) is 0.269. The number of rotatable bonds is 9. The first-order chi connectivity index (χ1) is 15.0. The van der Waals surface area contributed by atoms with Crippen molar-refractivity contribution >= 4 is 11.9 Å². The maximum absolute atomic E-state index is 12.9. The molecule has 0 bridgehead atoms. The van der Waals surface area contributed by atoms with Gasteiger partial charge in [-0.15, -0.1) is 0 Å². The van der Waals surface area contributed by atoms with Crippen molar-refractivity contribution in [3.05, 3.63) is 89.1 Å². The number of carboxylic acid groups (broad SMARTS) is 1. The Labute approximate surface area is 183 Å². The van der Waals surface area contributed by atoms with Crippen LogP contribution in [-0.2, 0) is 29.0 Å². The third kappa shape index (κ3) is 6.25. The number of aliphatic carboxylic acids is 1. The SMILES string of the molecule is CCN(Cc1cc(C)ccc1-c1cc(CC(=O)O)ccn1)C(=O)CCc1ccccc1. The molecule has 0 saturated carbocycles. The van der Waals surface area contributed by atoms with E-state index in [1.165, 1.54) is 0 Å². The normalized spacial score (nSPS) is 10.6. The van der Waals surface area contributed by atoms with Crippen molar-refractivity contribution in [2.75, 3.05) is 6.54 Å². The van der Waals surface area contributed by atoms with Crippen molar-refractivity contribution in [2.45, 2.75) is 39.7 Å². The van der Waals surface area contributed by atoms with Gasteiger partial charge in [0.1, 0.15) is 0 Å². The molecule has 1 N–H and O–H groups in total. The molecule has 31 heavy (non-hydrogen) atoms. The van der Waals surface area contributed by atoms with Crippen LogP contribution in [0.15, 0.2) is 66.9 Å². The van der Waals surface area contributed by atoms with Gasteiger partial charge in [-0.3, -0.25) is 14.6 Å². The van der Waals surface area contributed by atoms with Crippen LogP contribution in [0, 0.1) is 6.92 Å². The third-order valence-corrected chi connectivity index (χ3v) is 5.28. The van der Waals surface area contributed by atoms with Crippen LogP contribution < -0.4 is 0 Å². The highest BCUT2D eigenvalue weighted by Crippen LogP contribution is 2.25. The van der Waals surface area contributed by atoms with E-state index in [-0.39, 0.29) is 12.3 Å². The second-order valence-corrected chi connectivity index (χ2v) is 7.67. The number of pyridine rings is 1. The summed E-state index contributed by atoms with van der Waals surface area (Å²) in [7, 11) is 0.